The number of benzene rings is 2. The minimum absolute atomic E-state index is 0.00450. The molecule has 0 saturated carbocycles. The van der Waals surface area contributed by atoms with E-state index < -0.39 is 0 Å². The van der Waals surface area contributed by atoms with Gasteiger partial charge in [-0.15, -0.1) is 0 Å². The van der Waals surface area contributed by atoms with Crippen LogP contribution in [0.5, 0.6) is 5.75 Å². The lowest BCUT2D eigenvalue weighted by atomic mass is 10.0. The highest BCUT2D eigenvalue weighted by Crippen LogP contribution is 2.22. The average molecular weight is 348 g/mol. The molecule has 0 aliphatic rings. The van der Waals surface area contributed by atoms with Crippen molar-refractivity contribution in [1.82, 2.24) is 0 Å². The number of carbonyl (C=O) groups excluding carboxylic acids is 1. The maximum Gasteiger partial charge on any atom is 0.259 e. The zero-order valence-electron chi connectivity index (χ0n) is 11.9. The van der Waals surface area contributed by atoms with E-state index in [2.05, 4.69) is 28.2 Å². The predicted molar refractivity (Wildman–Crippen MR) is 88.8 cm³/mol. The first-order chi connectivity index (χ1) is 10.1. The van der Waals surface area contributed by atoms with E-state index in [0.717, 1.165) is 29.3 Å². The lowest BCUT2D eigenvalue weighted by Gasteiger charge is -2.09. The van der Waals surface area contributed by atoms with Gasteiger partial charge in [-0.1, -0.05) is 35.3 Å². The Morgan fingerprint density at radius 2 is 1.90 bits per heavy atom. The number of aryl methyl sites for hydroxylation is 1. The van der Waals surface area contributed by atoms with Crippen LogP contribution in [0.1, 0.15) is 35.7 Å². The minimum atomic E-state index is -0.298. The average Bonchev–Trinajstić information content (AvgIpc) is 2.48. The standard InChI is InChI=1S/C17H18BrNO2/c1-2-3-4-12-5-10-16(20)15(11-12)17(21)19-14-8-6-13(18)7-9-14/h5-11,20H,2-4H2,1H3,(H,19,21). The fraction of sp³-hybridized carbons (Fsp3) is 0.235. The summed E-state index contributed by atoms with van der Waals surface area (Å²) in [4.78, 5) is 12.3. The van der Waals surface area contributed by atoms with Crippen molar-refractivity contribution in [3.8, 4) is 5.75 Å². The van der Waals surface area contributed by atoms with E-state index in [1.807, 2.05) is 18.2 Å². The molecule has 0 aromatic heterocycles. The second-order valence-corrected chi connectivity index (χ2v) is 5.83. The van der Waals surface area contributed by atoms with Gasteiger partial charge in [-0.2, -0.15) is 0 Å². The van der Waals surface area contributed by atoms with Gasteiger partial charge < -0.3 is 10.4 Å². The Bertz CT molecular complexity index is 623. The molecule has 110 valence electrons. The number of unbranched alkanes of at least 4 members (excludes halogenated alkanes) is 1. The number of phenolic OH excluding ortho intramolecular Hbond substituents is 1. The molecule has 0 heterocycles. The molecule has 0 spiro atoms. The number of phenols is 1. The first-order valence-corrected chi connectivity index (χ1v) is 7.78. The minimum Gasteiger partial charge on any atom is -0.507 e. The van der Waals surface area contributed by atoms with Crippen LogP contribution in [-0.4, -0.2) is 11.0 Å². The Hall–Kier alpha value is -1.81. The summed E-state index contributed by atoms with van der Waals surface area (Å²) in [6.45, 7) is 2.13. The second-order valence-electron chi connectivity index (χ2n) is 4.92. The van der Waals surface area contributed by atoms with E-state index >= 15 is 0 Å². The molecule has 0 saturated heterocycles. The number of halogens is 1. The van der Waals surface area contributed by atoms with Crippen molar-refractivity contribution in [2.75, 3.05) is 5.32 Å². The van der Waals surface area contributed by atoms with Crippen molar-refractivity contribution in [3.05, 3.63) is 58.1 Å². The van der Waals surface area contributed by atoms with Crippen molar-refractivity contribution >= 4 is 27.5 Å². The van der Waals surface area contributed by atoms with Crippen LogP contribution in [-0.2, 0) is 6.42 Å². The Morgan fingerprint density at radius 3 is 2.57 bits per heavy atom. The zero-order valence-corrected chi connectivity index (χ0v) is 13.5. The number of carbonyl (C=O) groups is 1. The summed E-state index contributed by atoms with van der Waals surface area (Å²) < 4.78 is 0.949. The molecule has 0 fully saturated rings. The summed E-state index contributed by atoms with van der Waals surface area (Å²) in [5.41, 5.74) is 2.07. The predicted octanol–water partition coefficient (Wildman–Crippen LogP) is 4.75. The third kappa shape index (κ3) is 4.33. The molecule has 4 heteroatoms. The molecule has 2 aromatic rings. The van der Waals surface area contributed by atoms with E-state index in [1.165, 1.54) is 0 Å². The molecule has 0 atom stereocenters. The van der Waals surface area contributed by atoms with Gasteiger partial charge in [0.05, 0.1) is 5.56 Å². The van der Waals surface area contributed by atoms with Gasteiger partial charge in [-0.05, 0) is 54.8 Å². The van der Waals surface area contributed by atoms with Crippen LogP contribution in [0.25, 0.3) is 0 Å². The number of aromatic hydroxyl groups is 1. The first-order valence-electron chi connectivity index (χ1n) is 6.99. The Labute approximate surface area is 133 Å². The van der Waals surface area contributed by atoms with E-state index in [-0.39, 0.29) is 11.7 Å². The van der Waals surface area contributed by atoms with Crippen LogP contribution in [0, 0.1) is 0 Å². The number of rotatable bonds is 5. The lowest BCUT2D eigenvalue weighted by Crippen LogP contribution is -2.12. The highest BCUT2D eigenvalue weighted by molar-refractivity contribution is 9.10. The van der Waals surface area contributed by atoms with Crippen molar-refractivity contribution in [3.63, 3.8) is 0 Å². The van der Waals surface area contributed by atoms with Crippen LogP contribution in [0.4, 0.5) is 5.69 Å². The molecule has 2 aromatic carbocycles. The molecule has 2 rings (SSSR count). The fourth-order valence-corrected chi connectivity index (χ4v) is 2.30. The van der Waals surface area contributed by atoms with Crippen LogP contribution in [0.3, 0.4) is 0 Å². The molecular formula is C17H18BrNO2. The summed E-state index contributed by atoms with van der Waals surface area (Å²) in [6, 6.07) is 12.5. The monoisotopic (exact) mass is 347 g/mol. The molecule has 0 bridgehead atoms. The Morgan fingerprint density at radius 1 is 1.19 bits per heavy atom. The number of anilines is 1. The Balaban J connectivity index is 2.15. The number of hydrogen-bond acceptors (Lipinski definition) is 2. The zero-order chi connectivity index (χ0) is 15.2. The van der Waals surface area contributed by atoms with Gasteiger partial charge in [0.1, 0.15) is 5.75 Å². The summed E-state index contributed by atoms with van der Waals surface area (Å²) in [5, 5.41) is 12.7. The summed E-state index contributed by atoms with van der Waals surface area (Å²) in [7, 11) is 0. The van der Waals surface area contributed by atoms with E-state index in [4.69, 9.17) is 0 Å². The molecule has 0 radical (unpaired) electrons. The highest BCUT2D eigenvalue weighted by Gasteiger charge is 2.12. The lowest BCUT2D eigenvalue weighted by molar-refractivity contribution is 0.102. The van der Waals surface area contributed by atoms with Gasteiger partial charge in [-0.25, -0.2) is 0 Å². The fourth-order valence-electron chi connectivity index (χ4n) is 2.03. The van der Waals surface area contributed by atoms with Crippen LogP contribution < -0.4 is 5.32 Å². The molecular weight excluding hydrogens is 330 g/mol. The maximum absolute atomic E-state index is 12.3. The van der Waals surface area contributed by atoms with Crippen LogP contribution in [0.2, 0.25) is 0 Å². The topological polar surface area (TPSA) is 49.3 Å². The van der Waals surface area contributed by atoms with Crippen LogP contribution >= 0.6 is 15.9 Å². The largest absolute Gasteiger partial charge is 0.507 e. The van der Waals surface area contributed by atoms with Gasteiger partial charge in [0, 0.05) is 10.2 Å². The molecule has 21 heavy (non-hydrogen) atoms. The SMILES string of the molecule is CCCCc1ccc(O)c(C(=O)Nc2ccc(Br)cc2)c1. The summed E-state index contributed by atoms with van der Waals surface area (Å²) in [6.07, 6.45) is 3.08. The number of hydrogen-bond donors (Lipinski definition) is 2. The van der Waals surface area contributed by atoms with Crippen molar-refractivity contribution in [1.29, 1.82) is 0 Å². The quantitative estimate of drug-likeness (QED) is 0.819. The maximum atomic E-state index is 12.3. The molecule has 0 aliphatic heterocycles. The Kier molecular flexibility index (Phi) is 5.39. The third-order valence-corrected chi connectivity index (χ3v) is 3.76. The van der Waals surface area contributed by atoms with Crippen molar-refractivity contribution in [2.45, 2.75) is 26.2 Å². The van der Waals surface area contributed by atoms with Crippen molar-refractivity contribution < 1.29 is 9.90 Å². The summed E-state index contributed by atoms with van der Waals surface area (Å²) >= 11 is 3.35. The van der Waals surface area contributed by atoms with Gasteiger partial charge in [0.2, 0.25) is 0 Å². The molecule has 2 N–H and O–H groups in total. The summed E-state index contributed by atoms with van der Waals surface area (Å²) in [5.74, 6) is -0.293. The van der Waals surface area contributed by atoms with Gasteiger partial charge in [-0.3, -0.25) is 4.79 Å². The van der Waals surface area contributed by atoms with Gasteiger partial charge >= 0.3 is 0 Å². The number of nitrogens with one attached hydrogen (secondary N) is 1. The van der Waals surface area contributed by atoms with E-state index in [1.54, 1.807) is 24.3 Å². The van der Waals surface area contributed by atoms with E-state index in [0.29, 0.717) is 11.3 Å². The second kappa shape index (κ2) is 7.27. The highest BCUT2D eigenvalue weighted by atomic mass is 79.9. The molecule has 1 amide bonds. The van der Waals surface area contributed by atoms with Gasteiger partial charge in [0.25, 0.3) is 5.91 Å². The molecule has 3 nitrogen and oxygen atoms in total. The van der Waals surface area contributed by atoms with Crippen LogP contribution in [0.15, 0.2) is 46.9 Å². The van der Waals surface area contributed by atoms with Crippen molar-refractivity contribution in [2.24, 2.45) is 0 Å². The molecule has 0 aliphatic carbocycles. The number of amides is 1. The smallest absolute Gasteiger partial charge is 0.259 e. The third-order valence-electron chi connectivity index (χ3n) is 3.23. The van der Waals surface area contributed by atoms with Gasteiger partial charge in [0.15, 0.2) is 0 Å². The first kappa shape index (κ1) is 15.6. The normalized spacial score (nSPS) is 10.4. The molecule has 0 unspecified atom stereocenters. The van der Waals surface area contributed by atoms with E-state index in [9.17, 15) is 9.90 Å².